The number of halogens is 1. The molecule has 56 heavy (non-hydrogen) atoms. The van der Waals surface area contributed by atoms with Crippen molar-refractivity contribution in [1.29, 1.82) is 5.26 Å². The first kappa shape index (κ1) is 39.2. The van der Waals surface area contributed by atoms with Gasteiger partial charge in [-0.1, -0.05) is 17.1 Å². The number of nitriles is 1. The van der Waals surface area contributed by atoms with Crippen LogP contribution >= 0.6 is 11.6 Å². The fraction of sp³-hybridized carbons (Fsp3) is 0.486. The second-order valence-electron chi connectivity index (χ2n) is 14.2. The third kappa shape index (κ3) is 6.19. The summed E-state index contributed by atoms with van der Waals surface area (Å²) in [5.74, 6) is -3.82. The van der Waals surface area contributed by atoms with Gasteiger partial charge < -0.3 is 49.1 Å². The van der Waals surface area contributed by atoms with Gasteiger partial charge in [-0.3, -0.25) is 14.4 Å². The molecule has 2 aliphatic heterocycles. The molecule has 3 aromatic rings. The summed E-state index contributed by atoms with van der Waals surface area (Å²) in [7, 11) is 2.77. The van der Waals surface area contributed by atoms with E-state index in [4.69, 9.17) is 35.3 Å². The van der Waals surface area contributed by atoms with E-state index in [0.29, 0.717) is 0 Å². The van der Waals surface area contributed by atoms with Crippen LogP contribution in [-0.2, 0) is 37.2 Å². The van der Waals surface area contributed by atoms with Crippen LogP contribution in [0.1, 0.15) is 87.7 Å². The highest BCUT2D eigenvalue weighted by Gasteiger charge is 2.55. The number of rotatable bonds is 11. The van der Waals surface area contributed by atoms with Gasteiger partial charge in [0.05, 0.1) is 62.3 Å². The average molecular weight is 796 g/mol. The second-order valence-corrected chi connectivity index (χ2v) is 14.5. The Bertz CT molecular complexity index is 2190. The molecule has 2 saturated heterocycles. The minimum absolute atomic E-state index is 0.0108. The molecule has 0 bridgehead atoms. The van der Waals surface area contributed by atoms with E-state index in [2.05, 4.69) is 11.1 Å². The number of aromatic nitrogens is 2. The summed E-state index contributed by atoms with van der Waals surface area (Å²) in [6.45, 7) is 2.89. The van der Waals surface area contributed by atoms with Gasteiger partial charge >= 0.3 is 5.95 Å². The summed E-state index contributed by atoms with van der Waals surface area (Å²) in [4.78, 5) is 57.5. The van der Waals surface area contributed by atoms with Gasteiger partial charge in [0.2, 0.25) is 5.78 Å². The molecule has 4 aliphatic rings. The summed E-state index contributed by atoms with van der Waals surface area (Å²) in [5, 5.41) is 57.3. The van der Waals surface area contributed by atoms with Crippen LogP contribution in [0.3, 0.4) is 0 Å². The van der Waals surface area contributed by atoms with Crippen molar-refractivity contribution in [2.24, 2.45) is 7.05 Å². The number of carbonyl (C=O) groups is 3. The third-order valence-electron chi connectivity index (χ3n) is 11.1. The van der Waals surface area contributed by atoms with E-state index in [-0.39, 0.29) is 59.2 Å². The molecule has 19 heteroatoms. The van der Waals surface area contributed by atoms with E-state index in [0.717, 1.165) is 6.92 Å². The first-order valence-electron chi connectivity index (χ1n) is 17.7. The van der Waals surface area contributed by atoms with Crippen molar-refractivity contribution in [3.05, 3.63) is 73.6 Å². The van der Waals surface area contributed by atoms with Crippen molar-refractivity contribution in [1.82, 2.24) is 14.5 Å². The molecule has 7 rings (SSSR count). The normalized spacial score (nSPS) is 27.4. The SMILES string of the molecule is COc1cccc2c1C(=O)c1c(O)c3c(c(O)c1C2=O)C[C@@](O)(C(C)=O)C[C@@H]3O[C@H]1CC2C(OC(c3cnc([N+](=O)[O-])n3C)N2C(C#N)COCCCl)[C@H](C)O1. The fourth-order valence-corrected chi connectivity index (χ4v) is 8.45. The lowest BCUT2D eigenvalue weighted by atomic mass is 9.72. The number of ether oxygens (including phenoxy) is 5. The predicted molar refractivity (Wildman–Crippen MR) is 190 cm³/mol. The van der Waals surface area contributed by atoms with Gasteiger partial charge in [0.25, 0.3) is 0 Å². The number of imidazole rings is 1. The molecule has 296 valence electrons. The summed E-state index contributed by atoms with van der Waals surface area (Å²) >= 11 is 5.83. The molecule has 8 atom stereocenters. The number of ketones is 3. The molecular formula is C37H38ClN5O13. The molecule has 1 aromatic heterocycles. The van der Waals surface area contributed by atoms with Crippen molar-refractivity contribution in [2.45, 2.75) is 81.6 Å². The van der Waals surface area contributed by atoms with E-state index in [1.165, 1.54) is 43.1 Å². The number of phenols is 2. The van der Waals surface area contributed by atoms with Crippen molar-refractivity contribution in [3.63, 3.8) is 0 Å². The number of nitro groups is 1. The summed E-state index contributed by atoms with van der Waals surface area (Å²) in [5.41, 5.74) is -3.26. The molecular weight excluding hydrogens is 758 g/mol. The van der Waals surface area contributed by atoms with Gasteiger partial charge in [0.15, 0.2) is 29.8 Å². The van der Waals surface area contributed by atoms with E-state index in [9.17, 15) is 45.1 Å². The number of benzene rings is 2. The van der Waals surface area contributed by atoms with E-state index >= 15 is 0 Å². The molecule has 3 N–H and O–H groups in total. The second kappa shape index (κ2) is 14.8. The van der Waals surface area contributed by atoms with Gasteiger partial charge in [-0.15, -0.1) is 11.6 Å². The van der Waals surface area contributed by atoms with Gasteiger partial charge in [0.1, 0.15) is 41.2 Å². The number of alkyl halides is 1. The van der Waals surface area contributed by atoms with Crippen LogP contribution in [0.4, 0.5) is 5.95 Å². The topological polar surface area (TPSA) is 246 Å². The van der Waals surface area contributed by atoms with Gasteiger partial charge in [-0.25, -0.2) is 9.47 Å². The number of methoxy groups -OCH3 is 1. The average Bonchev–Trinajstić information content (AvgIpc) is 3.73. The quantitative estimate of drug-likeness (QED) is 0.0649. The van der Waals surface area contributed by atoms with Crippen LogP contribution < -0.4 is 4.74 Å². The van der Waals surface area contributed by atoms with Crippen LogP contribution in [0.2, 0.25) is 0 Å². The Balaban J connectivity index is 1.28. The minimum atomic E-state index is -2.13. The Morgan fingerprint density at radius 1 is 1.21 bits per heavy atom. The van der Waals surface area contributed by atoms with Crippen LogP contribution in [-0.4, -0.2) is 114 Å². The highest BCUT2D eigenvalue weighted by molar-refractivity contribution is 6.31. The number of Topliss-reactive ketones (excluding diaryl/α,β-unsaturated/α-hetero) is 1. The smallest absolute Gasteiger partial charge is 0.434 e. The Hall–Kier alpha value is -5.00. The number of aromatic hydroxyl groups is 2. The van der Waals surface area contributed by atoms with Crippen molar-refractivity contribution in [2.75, 3.05) is 26.2 Å². The molecule has 0 amide bonds. The van der Waals surface area contributed by atoms with Crippen LogP contribution in [0.5, 0.6) is 17.2 Å². The number of carbonyl (C=O) groups excluding carboxylic acids is 3. The Kier molecular flexibility index (Phi) is 10.4. The molecule has 18 nitrogen and oxygen atoms in total. The zero-order valence-electron chi connectivity index (χ0n) is 30.6. The van der Waals surface area contributed by atoms with Gasteiger partial charge in [-0.05, 0) is 24.8 Å². The molecule has 3 heterocycles. The van der Waals surface area contributed by atoms with Crippen LogP contribution in [0.25, 0.3) is 0 Å². The van der Waals surface area contributed by atoms with E-state index in [1.807, 2.05) is 0 Å². The molecule has 2 aliphatic carbocycles. The lowest BCUT2D eigenvalue weighted by Gasteiger charge is -2.43. The van der Waals surface area contributed by atoms with Crippen molar-refractivity contribution >= 4 is 34.9 Å². The highest BCUT2D eigenvalue weighted by atomic mass is 35.5. The Labute approximate surface area is 324 Å². The Morgan fingerprint density at radius 2 is 1.95 bits per heavy atom. The third-order valence-corrected chi connectivity index (χ3v) is 11.2. The van der Waals surface area contributed by atoms with E-state index in [1.54, 1.807) is 11.8 Å². The summed E-state index contributed by atoms with van der Waals surface area (Å²) < 4.78 is 31.5. The molecule has 2 aromatic carbocycles. The number of nitrogens with zero attached hydrogens (tertiary/aromatic N) is 5. The maximum Gasteiger partial charge on any atom is 0.434 e. The zero-order chi connectivity index (χ0) is 40.4. The number of phenolic OH excluding ortho intramolecular Hbond substituents is 2. The largest absolute Gasteiger partial charge is 0.507 e. The standard InChI is InChI=1S/C37H38ClN5O13/c1-16-34-21(42(18(13-39)15-53-9-8-38)35(56-34)22-14-40-36(41(22)3)43(50)51)10-25(54-16)55-24-12-37(49,17(2)44)11-20-27(24)33(48)29-28(31(20)46)30(45)19-6-5-7-23(52-4)26(19)32(29)47/h5-7,14,16,18,21,24-25,34-35,46,48-49H,8-12,15H2,1-4H3/t16-,18?,21?,24-,25-,34?,35?,37-/m0/s1. The number of hydrogen-bond acceptors (Lipinski definition) is 16. The Morgan fingerprint density at radius 3 is 2.59 bits per heavy atom. The fourth-order valence-electron chi connectivity index (χ4n) is 8.34. The first-order valence-corrected chi connectivity index (χ1v) is 18.2. The van der Waals surface area contributed by atoms with E-state index < -0.39 is 112 Å². The molecule has 0 radical (unpaired) electrons. The lowest BCUT2D eigenvalue weighted by Crippen LogP contribution is -2.54. The molecule has 0 saturated carbocycles. The summed E-state index contributed by atoms with van der Waals surface area (Å²) in [6, 6.07) is 4.98. The lowest BCUT2D eigenvalue weighted by molar-refractivity contribution is -0.396. The zero-order valence-corrected chi connectivity index (χ0v) is 31.4. The molecule has 2 fully saturated rings. The van der Waals surface area contributed by atoms with Crippen molar-refractivity contribution < 1.29 is 58.3 Å². The number of hydrogen-bond donors (Lipinski definition) is 3. The van der Waals surface area contributed by atoms with Crippen LogP contribution in [0, 0.1) is 21.4 Å². The minimum Gasteiger partial charge on any atom is -0.507 e. The maximum atomic E-state index is 14.0. The van der Waals surface area contributed by atoms with Gasteiger partial charge in [0, 0.05) is 47.9 Å². The monoisotopic (exact) mass is 795 g/mol. The first-order chi connectivity index (χ1) is 26.7. The molecule has 4 unspecified atom stereocenters. The predicted octanol–water partition coefficient (Wildman–Crippen LogP) is 2.90. The molecule has 0 spiro atoms. The van der Waals surface area contributed by atoms with Gasteiger partial charge in [-0.2, -0.15) is 5.26 Å². The van der Waals surface area contributed by atoms with Crippen molar-refractivity contribution in [3.8, 4) is 23.3 Å². The maximum absolute atomic E-state index is 14.0. The number of fused-ring (bicyclic) bond motifs is 4. The highest BCUT2D eigenvalue weighted by Crippen LogP contribution is 2.53. The summed E-state index contributed by atoms with van der Waals surface area (Å²) in [6.07, 6.45) is -4.71. The van der Waals surface area contributed by atoms with Crippen LogP contribution in [0.15, 0.2) is 24.4 Å². The number of aliphatic hydroxyl groups is 1.